The highest BCUT2D eigenvalue weighted by atomic mass is 32.1. The fraction of sp³-hybridized carbons (Fsp3) is 0.615. The summed E-state index contributed by atoms with van der Waals surface area (Å²) in [6, 6.07) is 4.19. The molecule has 17 heavy (non-hydrogen) atoms. The zero-order valence-corrected chi connectivity index (χ0v) is 11.3. The Morgan fingerprint density at radius 1 is 1.59 bits per heavy atom. The molecule has 1 aromatic heterocycles. The van der Waals surface area contributed by atoms with Gasteiger partial charge in [0.2, 0.25) is 0 Å². The van der Waals surface area contributed by atoms with Crippen LogP contribution in [0.1, 0.15) is 34.3 Å². The van der Waals surface area contributed by atoms with Crippen LogP contribution >= 0.6 is 11.3 Å². The fourth-order valence-electron chi connectivity index (χ4n) is 2.37. The summed E-state index contributed by atoms with van der Waals surface area (Å²) in [5.41, 5.74) is 6.06. The molecule has 1 aliphatic rings. The highest BCUT2D eigenvalue weighted by Crippen LogP contribution is 2.23. The first-order chi connectivity index (χ1) is 8.11. The smallest absolute Gasteiger partial charge is 0.263 e. The van der Waals surface area contributed by atoms with E-state index in [1.165, 1.54) is 4.88 Å². The van der Waals surface area contributed by atoms with Crippen LogP contribution in [-0.4, -0.2) is 29.9 Å². The number of amides is 1. The number of rotatable bonds is 2. The first-order valence-corrected chi connectivity index (χ1v) is 7.04. The van der Waals surface area contributed by atoms with Crippen LogP contribution in [-0.2, 0) is 0 Å². The number of nitrogens with zero attached hydrogens (tertiary/aromatic N) is 1. The van der Waals surface area contributed by atoms with E-state index >= 15 is 0 Å². The van der Waals surface area contributed by atoms with Crippen LogP contribution in [0.15, 0.2) is 12.1 Å². The standard InChI is InChI=1S/C13H20N2OS/c1-3-10-8-15(7-6-11(10)14)13(16)12-5-4-9(2)17-12/h4-5,10-11H,3,6-8,14H2,1-2H3. The molecule has 1 aromatic rings. The topological polar surface area (TPSA) is 46.3 Å². The van der Waals surface area contributed by atoms with E-state index in [0.29, 0.717) is 5.92 Å². The van der Waals surface area contributed by atoms with E-state index in [9.17, 15) is 4.79 Å². The second kappa shape index (κ2) is 5.19. The van der Waals surface area contributed by atoms with E-state index in [0.717, 1.165) is 30.8 Å². The Morgan fingerprint density at radius 2 is 2.35 bits per heavy atom. The van der Waals surface area contributed by atoms with Crippen molar-refractivity contribution in [2.45, 2.75) is 32.7 Å². The van der Waals surface area contributed by atoms with Gasteiger partial charge in [0.05, 0.1) is 4.88 Å². The van der Waals surface area contributed by atoms with E-state index in [-0.39, 0.29) is 11.9 Å². The van der Waals surface area contributed by atoms with Gasteiger partial charge in [-0.2, -0.15) is 0 Å². The number of thiophene rings is 1. The molecule has 1 fully saturated rings. The molecule has 0 bridgehead atoms. The third-order valence-electron chi connectivity index (χ3n) is 3.56. The number of aryl methyl sites for hydroxylation is 1. The van der Waals surface area contributed by atoms with Gasteiger partial charge in [0.1, 0.15) is 0 Å². The molecule has 0 aromatic carbocycles. The second-order valence-corrected chi connectivity index (χ2v) is 6.07. The molecular weight excluding hydrogens is 232 g/mol. The summed E-state index contributed by atoms with van der Waals surface area (Å²) in [4.78, 5) is 16.3. The summed E-state index contributed by atoms with van der Waals surface area (Å²) < 4.78 is 0. The van der Waals surface area contributed by atoms with Crippen molar-refractivity contribution >= 4 is 17.2 Å². The molecule has 4 heteroatoms. The van der Waals surface area contributed by atoms with Gasteiger partial charge in [-0.25, -0.2) is 0 Å². The maximum Gasteiger partial charge on any atom is 0.263 e. The molecule has 3 nitrogen and oxygen atoms in total. The van der Waals surface area contributed by atoms with E-state index in [2.05, 4.69) is 6.92 Å². The third kappa shape index (κ3) is 2.69. The molecular formula is C13H20N2OS. The van der Waals surface area contributed by atoms with E-state index in [1.54, 1.807) is 11.3 Å². The predicted octanol–water partition coefficient (Wildman–Crippen LogP) is 2.26. The lowest BCUT2D eigenvalue weighted by Crippen LogP contribution is -2.48. The van der Waals surface area contributed by atoms with Crippen LogP contribution in [0, 0.1) is 12.8 Å². The van der Waals surface area contributed by atoms with Crippen molar-refractivity contribution in [2.75, 3.05) is 13.1 Å². The van der Waals surface area contributed by atoms with Crippen LogP contribution in [0.2, 0.25) is 0 Å². The third-order valence-corrected chi connectivity index (χ3v) is 4.54. The molecule has 1 aliphatic heterocycles. The summed E-state index contributed by atoms with van der Waals surface area (Å²) in [6.07, 6.45) is 1.98. The van der Waals surface area contributed by atoms with E-state index in [1.807, 2.05) is 24.0 Å². The normalized spacial score (nSPS) is 25.0. The molecule has 0 radical (unpaired) electrons. The number of likely N-dealkylation sites (tertiary alicyclic amines) is 1. The molecule has 94 valence electrons. The lowest BCUT2D eigenvalue weighted by atomic mass is 9.90. The van der Waals surface area contributed by atoms with Crippen LogP contribution in [0.5, 0.6) is 0 Å². The SMILES string of the molecule is CCC1CN(C(=O)c2ccc(C)s2)CCC1N. The Labute approximate surface area is 107 Å². The highest BCUT2D eigenvalue weighted by Gasteiger charge is 2.28. The Hall–Kier alpha value is -0.870. The summed E-state index contributed by atoms with van der Waals surface area (Å²) in [5.74, 6) is 0.627. The lowest BCUT2D eigenvalue weighted by molar-refractivity contribution is 0.0654. The number of piperidine rings is 1. The van der Waals surface area contributed by atoms with Gasteiger partial charge < -0.3 is 10.6 Å². The van der Waals surface area contributed by atoms with Crippen LogP contribution in [0.25, 0.3) is 0 Å². The van der Waals surface area contributed by atoms with Crippen LogP contribution in [0.3, 0.4) is 0 Å². The largest absolute Gasteiger partial charge is 0.338 e. The van der Waals surface area contributed by atoms with Crippen molar-refractivity contribution in [3.63, 3.8) is 0 Å². The molecule has 2 N–H and O–H groups in total. The number of hydrogen-bond donors (Lipinski definition) is 1. The Bertz CT molecular complexity index is 402. The maximum absolute atomic E-state index is 12.3. The molecule has 1 amide bonds. The molecule has 0 spiro atoms. The van der Waals surface area contributed by atoms with Crippen molar-refractivity contribution < 1.29 is 4.79 Å². The monoisotopic (exact) mass is 252 g/mol. The molecule has 0 aliphatic carbocycles. The van der Waals surface area contributed by atoms with Crippen molar-refractivity contribution in [2.24, 2.45) is 11.7 Å². The number of carbonyl (C=O) groups is 1. The summed E-state index contributed by atoms with van der Waals surface area (Å²) in [6.45, 7) is 5.79. The summed E-state index contributed by atoms with van der Waals surface area (Å²) in [7, 11) is 0. The Morgan fingerprint density at radius 3 is 2.94 bits per heavy atom. The van der Waals surface area contributed by atoms with Gasteiger partial charge in [-0.05, 0) is 31.4 Å². The minimum Gasteiger partial charge on any atom is -0.338 e. The Kier molecular flexibility index (Phi) is 3.84. The van der Waals surface area contributed by atoms with Crippen molar-refractivity contribution in [1.82, 2.24) is 4.90 Å². The molecule has 0 saturated carbocycles. The van der Waals surface area contributed by atoms with Gasteiger partial charge in [0.25, 0.3) is 5.91 Å². The molecule has 2 rings (SSSR count). The number of carbonyl (C=O) groups excluding carboxylic acids is 1. The summed E-state index contributed by atoms with van der Waals surface area (Å²) >= 11 is 1.58. The van der Waals surface area contributed by atoms with Gasteiger partial charge in [-0.3, -0.25) is 4.79 Å². The van der Waals surface area contributed by atoms with Crippen molar-refractivity contribution in [1.29, 1.82) is 0 Å². The van der Waals surface area contributed by atoms with Gasteiger partial charge in [0.15, 0.2) is 0 Å². The average molecular weight is 252 g/mol. The number of hydrogen-bond acceptors (Lipinski definition) is 3. The van der Waals surface area contributed by atoms with E-state index in [4.69, 9.17) is 5.73 Å². The minimum atomic E-state index is 0.174. The quantitative estimate of drug-likeness (QED) is 0.877. The first kappa shape index (κ1) is 12.6. The fourth-order valence-corrected chi connectivity index (χ4v) is 3.21. The van der Waals surface area contributed by atoms with Gasteiger partial charge in [0, 0.05) is 24.0 Å². The molecule has 1 saturated heterocycles. The maximum atomic E-state index is 12.3. The number of nitrogens with two attached hydrogens (primary N) is 1. The minimum absolute atomic E-state index is 0.174. The second-order valence-electron chi connectivity index (χ2n) is 4.78. The zero-order valence-electron chi connectivity index (χ0n) is 10.5. The molecule has 2 atom stereocenters. The van der Waals surface area contributed by atoms with Crippen LogP contribution in [0.4, 0.5) is 0 Å². The Balaban J connectivity index is 2.05. The predicted molar refractivity (Wildman–Crippen MR) is 71.3 cm³/mol. The van der Waals surface area contributed by atoms with Crippen molar-refractivity contribution in [3.8, 4) is 0 Å². The summed E-state index contributed by atoms with van der Waals surface area (Å²) in [5, 5.41) is 0. The van der Waals surface area contributed by atoms with Gasteiger partial charge in [-0.1, -0.05) is 13.3 Å². The molecule has 2 heterocycles. The first-order valence-electron chi connectivity index (χ1n) is 6.23. The van der Waals surface area contributed by atoms with Gasteiger partial charge in [-0.15, -0.1) is 11.3 Å². The van der Waals surface area contributed by atoms with Gasteiger partial charge >= 0.3 is 0 Å². The molecule has 2 unspecified atom stereocenters. The van der Waals surface area contributed by atoms with E-state index < -0.39 is 0 Å². The average Bonchev–Trinajstić information content (AvgIpc) is 2.75. The lowest BCUT2D eigenvalue weighted by Gasteiger charge is -2.36. The highest BCUT2D eigenvalue weighted by molar-refractivity contribution is 7.13. The van der Waals surface area contributed by atoms with Crippen LogP contribution < -0.4 is 5.73 Å². The zero-order chi connectivity index (χ0) is 12.4. The van der Waals surface area contributed by atoms with Crippen molar-refractivity contribution in [3.05, 3.63) is 21.9 Å².